The van der Waals surface area contributed by atoms with Crippen LogP contribution in [0.5, 0.6) is 17.2 Å². The zero-order valence-electron chi connectivity index (χ0n) is 13.5. The van der Waals surface area contributed by atoms with Gasteiger partial charge >= 0.3 is 0 Å². The first-order valence-corrected chi connectivity index (χ1v) is 8.16. The number of ether oxygens (including phenoxy) is 3. The second-order valence-corrected chi connectivity index (χ2v) is 5.51. The molecule has 1 N–H and O–H groups in total. The molecule has 4 nitrogen and oxygen atoms in total. The Morgan fingerprint density at radius 2 is 2.00 bits per heavy atom. The van der Waals surface area contributed by atoms with E-state index in [2.05, 4.69) is 29.6 Å². The maximum absolute atomic E-state index is 6.06. The summed E-state index contributed by atoms with van der Waals surface area (Å²) in [5.74, 6) is 2.23. The Kier molecular flexibility index (Phi) is 5.37. The highest BCUT2D eigenvalue weighted by atomic mass is 16.6. The first-order chi connectivity index (χ1) is 11.4. The summed E-state index contributed by atoms with van der Waals surface area (Å²) < 4.78 is 17.5. The van der Waals surface area contributed by atoms with Gasteiger partial charge in [-0.05, 0) is 37.6 Å². The van der Waals surface area contributed by atoms with Crippen molar-refractivity contribution in [2.75, 3.05) is 26.3 Å². The molecule has 4 heteroatoms. The average molecular weight is 313 g/mol. The number of nitrogens with one attached hydrogen (secondary N) is 1. The van der Waals surface area contributed by atoms with Crippen LogP contribution in [0.15, 0.2) is 48.5 Å². The van der Waals surface area contributed by atoms with Gasteiger partial charge in [0.25, 0.3) is 0 Å². The van der Waals surface area contributed by atoms with Gasteiger partial charge in [-0.2, -0.15) is 0 Å². The number of hydrogen-bond donors (Lipinski definition) is 1. The lowest BCUT2D eigenvalue weighted by Crippen LogP contribution is -2.39. The zero-order chi connectivity index (χ0) is 15.9. The molecular weight excluding hydrogens is 290 g/mol. The predicted octanol–water partition coefficient (Wildman–Crippen LogP) is 3.06. The molecule has 0 aromatic heterocycles. The Bertz CT molecular complexity index is 615. The second-order valence-electron chi connectivity index (χ2n) is 5.51. The molecule has 1 atom stereocenters. The lowest BCUT2D eigenvalue weighted by Gasteiger charge is -2.28. The van der Waals surface area contributed by atoms with Crippen molar-refractivity contribution in [1.82, 2.24) is 5.32 Å². The summed E-state index contributed by atoms with van der Waals surface area (Å²) in [4.78, 5) is 0. The largest absolute Gasteiger partial charge is 0.490 e. The quantitative estimate of drug-likeness (QED) is 0.798. The van der Waals surface area contributed by atoms with Crippen LogP contribution in [0.3, 0.4) is 0 Å². The highest BCUT2D eigenvalue weighted by Gasteiger charge is 2.23. The van der Waals surface area contributed by atoms with Gasteiger partial charge in [-0.1, -0.05) is 36.4 Å². The van der Waals surface area contributed by atoms with Crippen molar-refractivity contribution < 1.29 is 14.2 Å². The Morgan fingerprint density at radius 1 is 1.13 bits per heavy atom. The molecule has 0 radical (unpaired) electrons. The van der Waals surface area contributed by atoms with Gasteiger partial charge < -0.3 is 19.5 Å². The Morgan fingerprint density at radius 3 is 2.83 bits per heavy atom. The zero-order valence-corrected chi connectivity index (χ0v) is 13.5. The molecule has 1 aliphatic rings. The molecule has 122 valence electrons. The van der Waals surface area contributed by atoms with Crippen molar-refractivity contribution >= 4 is 0 Å². The highest BCUT2D eigenvalue weighted by Crippen LogP contribution is 2.40. The normalized spacial score (nSPS) is 16.1. The van der Waals surface area contributed by atoms with Crippen molar-refractivity contribution in [3.63, 3.8) is 0 Å². The molecule has 0 aliphatic carbocycles. The minimum atomic E-state index is -0.000112. The fourth-order valence-electron chi connectivity index (χ4n) is 2.62. The lowest BCUT2D eigenvalue weighted by molar-refractivity contribution is 0.0856. The average Bonchev–Trinajstić information content (AvgIpc) is 2.60. The smallest absolute Gasteiger partial charge is 0.204 e. The van der Waals surface area contributed by atoms with E-state index < -0.39 is 0 Å². The number of benzene rings is 2. The molecule has 1 aliphatic heterocycles. The van der Waals surface area contributed by atoms with Gasteiger partial charge in [0, 0.05) is 6.54 Å². The maximum Gasteiger partial charge on any atom is 0.204 e. The third-order valence-corrected chi connectivity index (χ3v) is 3.76. The number of fused-ring (bicyclic) bond motifs is 1. The van der Waals surface area contributed by atoms with Crippen LogP contribution in [0.25, 0.3) is 0 Å². The molecule has 0 saturated heterocycles. The van der Waals surface area contributed by atoms with Crippen LogP contribution < -0.4 is 19.5 Å². The minimum Gasteiger partial charge on any atom is -0.490 e. The molecular formula is C19H23NO3. The van der Waals surface area contributed by atoms with Gasteiger partial charge in [-0.3, -0.25) is 0 Å². The molecule has 0 spiro atoms. The molecule has 23 heavy (non-hydrogen) atoms. The molecule has 2 aromatic rings. The van der Waals surface area contributed by atoms with Gasteiger partial charge in [0.15, 0.2) is 11.5 Å². The van der Waals surface area contributed by atoms with Crippen molar-refractivity contribution in [3.05, 3.63) is 54.1 Å². The summed E-state index contributed by atoms with van der Waals surface area (Å²) in [5, 5.41) is 3.44. The van der Waals surface area contributed by atoms with Gasteiger partial charge in [0.05, 0.1) is 6.61 Å². The summed E-state index contributed by atoms with van der Waals surface area (Å²) in [6.07, 6.45) is 1.01. The molecule has 0 saturated carbocycles. The van der Waals surface area contributed by atoms with E-state index in [9.17, 15) is 0 Å². The van der Waals surface area contributed by atoms with Crippen molar-refractivity contribution in [3.8, 4) is 17.2 Å². The highest BCUT2D eigenvalue weighted by molar-refractivity contribution is 5.52. The molecule has 0 fully saturated rings. The topological polar surface area (TPSA) is 39.7 Å². The number of hydrogen-bond acceptors (Lipinski definition) is 4. The summed E-state index contributed by atoms with van der Waals surface area (Å²) >= 11 is 0. The van der Waals surface area contributed by atoms with Gasteiger partial charge in [-0.15, -0.1) is 0 Å². The SMILES string of the molecule is CCOc1cccc2c1OC(CNCCc1ccccc1)CO2. The first kappa shape index (κ1) is 15.7. The van der Waals surface area contributed by atoms with Crippen molar-refractivity contribution in [2.45, 2.75) is 19.4 Å². The summed E-state index contributed by atoms with van der Waals surface area (Å²) in [5.41, 5.74) is 1.34. The number of para-hydroxylation sites is 1. The van der Waals surface area contributed by atoms with E-state index in [1.807, 2.05) is 31.2 Å². The molecule has 1 heterocycles. The van der Waals surface area contributed by atoms with E-state index in [4.69, 9.17) is 14.2 Å². The first-order valence-electron chi connectivity index (χ1n) is 8.16. The Hall–Kier alpha value is -2.20. The van der Waals surface area contributed by atoms with Crippen LogP contribution in [0, 0.1) is 0 Å². The van der Waals surface area contributed by atoms with E-state index in [1.165, 1.54) is 5.56 Å². The molecule has 0 amide bonds. The summed E-state index contributed by atoms with van der Waals surface area (Å²) in [6, 6.07) is 16.2. The third kappa shape index (κ3) is 4.17. The Labute approximate surface area is 137 Å². The van der Waals surface area contributed by atoms with E-state index in [0.29, 0.717) is 13.2 Å². The van der Waals surface area contributed by atoms with Crippen LogP contribution in [0.1, 0.15) is 12.5 Å². The Balaban J connectivity index is 1.49. The predicted molar refractivity (Wildman–Crippen MR) is 90.5 cm³/mol. The minimum absolute atomic E-state index is 0.000112. The molecule has 3 rings (SSSR count). The monoisotopic (exact) mass is 313 g/mol. The van der Waals surface area contributed by atoms with E-state index >= 15 is 0 Å². The molecule has 2 aromatic carbocycles. The van der Waals surface area contributed by atoms with Crippen LogP contribution in [0.2, 0.25) is 0 Å². The standard InChI is InChI=1S/C19H23NO3/c1-2-21-17-9-6-10-18-19(17)23-16(14-22-18)13-20-12-11-15-7-4-3-5-8-15/h3-10,16,20H,2,11-14H2,1H3. The van der Waals surface area contributed by atoms with Gasteiger partial charge in [0.2, 0.25) is 5.75 Å². The lowest BCUT2D eigenvalue weighted by atomic mass is 10.1. The maximum atomic E-state index is 6.06. The van der Waals surface area contributed by atoms with E-state index in [0.717, 1.165) is 36.8 Å². The van der Waals surface area contributed by atoms with Crippen molar-refractivity contribution in [1.29, 1.82) is 0 Å². The van der Waals surface area contributed by atoms with Gasteiger partial charge in [-0.25, -0.2) is 0 Å². The van der Waals surface area contributed by atoms with Crippen LogP contribution in [-0.4, -0.2) is 32.4 Å². The van der Waals surface area contributed by atoms with Gasteiger partial charge in [0.1, 0.15) is 12.7 Å². The molecule has 1 unspecified atom stereocenters. The van der Waals surface area contributed by atoms with Crippen molar-refractivity contribution in [2.24, 2.45) is 0 Å². The second kappa shape index (κ2) is 7.88. The number of rotatable bonds is 7. The third-order valence-electron chi connectivity index (χ3n) is 3.76. The summed E-state index contributed by atoms with van der Waals surface area (Å²) in [7, 11) is 0. The van der Waals surface area contributed by atoms with Crippen LogP contribution >= 0.6 is 0 Å². The fourth-order valence-corrected chi connectivity index (χ4v) is 2.62. The van der Waals surface area contributed by atoms with E-state index in [-0.39, 0.29) is 6.10 Å². The molecule has 0 bridgehead atoms. The fraction of sp³-hybridized carbons (Fsp3) is 0.368. The summed E-state index contributed by atoms with van der Waals surface area (Å²) in [6.45, 7) is 4.81. The van der Waals surface area contributed by atoms with E-state index in [1.54, 1.807) is 0 Å². The van der Waals surface area contributed by atoms with Crippen LogP contribution in [0.4, 0.5) is 0 Å². The van der Waals surface area contributed by atoms with Crippen LogP contribution in [-0.2, 0) is 6.42 Å².